The molecule has 1 amide bonds. The number of pyridine rings is 2. The number of hydrogen-bond donors (Lipinski definition) is 3. The van der Waals surface area contributed by atoms with Crippen LogP contribution in [0.3, 0.4) is 0 Å². The Hall–Kier alpha value is -3.04. The van der Waals surface area contributed by atoms with Crippen molar-refractivity contribution < 1.29 is 4.79 Å². The fourth-order valence-corrected chi connectivity index (χ4v) is 3.89. The van der Waals surface area contributed by atoms with Gasteiger partial charge in [-0.15, -0.1) is 11.3 Å². The molecule has 0 aromatic carbocycles. The van der Waals surface area contributed by atoms with Crippen LogP contribution in [0.15, 0.2) is 42.3 Å². The molecule has 0 saturated carbocycles. The molecule has 28 heavy (non-hydrogen) atoms. The Morgan fingerprint density at radius 2 is 2.14 bits per heavy atom. The molecular weight excluding hydrogens is 374 g/mol. The van der Waals surface area contributed by atoms with E-state index >= 15 is 0 Å². The summed E-state index contributed by atoms with van der Waals surface area (Å²) in [5, 5.41) is 2.91. The summed E-state index contributed by atoms with van der Waals surface area (Å²) in [5.74, 6) is -0.376. The first-order valence-electron chi connectivity index (χ1n) is 9.03. The second-order valence-corrected chi connectivity index (χ2v) is 7.58. The fourth-order valence-electron chi connectivity index (χ4n) is 3.30. The normalized spacial score (nSPS) is 16.8. The highest BCUT2D eigenvalue weighted by atomic mass is 32.1. The van der Waals surface area contributed by atoms with Gasteiger partial charge in [0.1, 0.15) is 0 Å². The summed E-state index contributed by atoms with van der Waals surface area (Å²) in [7, 11) is 0. The molecule has 3 aromatic heterocycles. The Morgan fingerprint density at radius 3 is 2.93 bits per heavy atom. The molecule has 1 aliphatic heterocycles. The maximum Gasteiger partial charge on any atom is 0.276 e. The lowest BCUT2D eigenvalue weighted by Gasteiger charge is -2.33. The van der Waals surface area contributed by atoms with E-state index in [0.29, 0.717) is 17.1 Å². The molecular formula is C19H21N7OS. The molecule has 0 aliphatic carbocycles. The number of aromatic nitrogens is 3. The van der Waals surface area contributed by atoms with Gasteiger partial charge in [-0.05, 0) is 31.0 Å². The van der Waals surface area contributed by atoms with Gasteiger partial charge in [-0.25, -0.2) is 4.98 Å². The van der Waals surface area contributed by atoms with Gasteiger partial charge in [-0.3, -0.25) is 14.8 Å². The minimum absolute atomic E-state index is 0.124. The van der Waals surface area contributed by atoms with Crippen LogP contribution in [0.5, 0.6) is 0 Å². The van der Waals surface area contributed by atoms with E-state index in [9.17, 15) is 4.79 Å². The van der Waals surface area contributed by atoms with Crippen molar-refractivity contribution in [2.24, 2.45) is 5.73 Å². The van der Waals surface area contributed by atoms with Crippen molar-refractivity contribution in [3.05, 3.63) is 48.0 Å². The van der Waals surface area contributed by atoms with Gasteiger partial charge in [0.25, 0.3) is 5.91 Å². The molecule has 0 radical (unpaired) electrons. The molecule has 1 saturated heterocycles. The maximum atomic E-state index is 12.9. The van der Waals surface area contributed by atoms with Crippen molar-refractivity contribution in [1.82, 2.24) is 15.0 Å². The molecule has 0 unspecified atom stereocenters. The standard InChI is InChI=1S/C19H21N7OS/c20-12-2-1-7-26(10-12)16-5-6-22-8-15(16)25-19(27)18-13(21)3-4-14(24-18)17-9-23-11-28-17/h3-6,8-9,11-12H,1-2,7,10,20-21H2,(H,25,27)/t12-/m0/s1. The van der Waals surface area contributed by atoms with Crippen molar-refractivity contribution in [1.29, 1.82) is 0 Å². The largest absolute Gasteiger partial charge is 0.397 e. The first kappa shape index (κ1) is 18.3. The zero-order chi connectivity index (χ0) is 19.5. The number of anilines is 3. The maximum absolute atomic E-state index is 12.9. The number of nitrogens with one attached hydrogen (secondary N) is 1. The molecule has 8 nitrogen and oxygen atoms in total. The van der Waals surface area contributed by atoms with Gasteiger partial charge in [0.15, 0.2) is 5.69 Å². The quantitative estimate of drug-likeness (QED) is 0.619. The predicted molar refractivity (Wildman–Crippen MR) is 111 cm³/mol. The van der Waals surface area contributed by atoms with E-state index in [2.05, 4.69) is 25.2 Å². The van der Waals surface area contributed by atoms with Gasteiger partial charge < -0.3 is 21.7 Å². The molecule has 0 spiro atoms. The minimum Gasteiger partial charge on any atom is -0.397 e. The molecule has 1 fully saturated rings. The van der Waals surface area contributed by atoms with Gasteiger partial charge in [0.2, 0.25) is 0 Å². The molecule has 1 aliphatic rings. The summed E-state index contributed by atoms with van der Waals surface area (Å²) in [6, 6.07) is 5.48. The number of nitrogen functional groups attached to an aromatic ring is 1. The number of hydrogen-bond acceptors (Lipinski definition) is 8. The van der Waals surface area contributed by atoms with E-state index in [1.54, 1.807) is 36.2 Å². The minimum atomic E-state index is -0.376. The van der Waals surface area contributed by atoms with Crippen molar-refractivity contribution >= 4 is 34.3 Å². The molecule has 9 heteroatoms. The van der Waals surface area contributed by atoms with Crippen LogP contribution in [0.1, 0.15) is 23.3 Å². The molecule has 144 valence electrons. The Balaban J connectivity index is 1.60. The van der Waals surface area contributed by atoms with Crippen LogP contribution in [0.25, 0.3) is 10.6 Å². The van der Waals surface area contributed by atoms with Crippen molar-refractivity contribution in [2.75, 3.05) is 29.0 Å². The van der Waals surface area contributed by atoms with Crippen LogP contribution in [0, 0.1) is 0 Å². The van der Waals surface area contributed by atoms with Gasteiger partial charge in [-0.1, -0.05) is 0 Å². The lowest BCUT2D eigenvalue weighted by molar-refractivity contribution is 0.102. The van der Waals surface area contributed by atoms with Crippen molar-refractivity contribution in [2.45, 2.75) is 18.9 Å². The molecule has 3 aromatic rings. The first-order chi connectivity index (χ1) is 13.6. The Morgan fingerprint density at radius 1 is 1.25 bits per heavy atom. The summed E-state index contributed by atoms with van der Waals surface area (Å²) in [6.07, 6.45) is 7.08. The van der Waals surface area contributed by atoms with E-state index in [-0.39, 0.29) is 17.6 Å². The Bertz CT molecular complexity index is 976. The number of nitrogens with two attached hydrogens (primary N) is 2. The summed E-state index contributed by atoms with van der Waals surface area (Å²) in [5.41, 5.74) is 16.5. The summed E-state index contributed by atoms with van der Waals surface area (Å²) in [6.45, 7) is 1.63. The molecule has 4 rings (SSSR count). The highest BCUT2D eigenvalue weighted by molar-refractivity contribution is 7.13. The van der Waals surface area contributed by atoms with E-state index < -0.39 is 0 Å². The first-order valence-corrected chi connectivity index (χ1v) is 9.91. The summed E-state index contributed by atoms with van der Waals surface area (Å²) in [4.78, 5) is 28.6. The number of carbonyl (C=O) groups is 1. The smallest absolute Gasteiger partial charge is 0.276 e. The second kappa shape index (κ2) is 7.91. The van der Waals surface area contributed by atoms with Gasteiger partial charge in [-0.2, -0.15) is 0 Å². The van der Waals surface area contributed by atoms with Crippen LogP contribution < -0.4 is 21.7 Å². The third-order valence-corrected chi connectivity index (χ3v) is 5.47. The zero-order valence-corrected chi connectivity index (χ0v) is 16.0. The van der Waals surface area contributed by atoms with Crippen LogP contribution in [-0.2, 0) is 0 Å². The van der Waals surface area contributed by atoms with Crippen molar-refractivity contribution in [3.63, 3.8) is 0 Å². The van der Waals surface area contributed by atoms with Crippen LogP contribution in [0.4, 0.5) is 17.1 Å². The number of thiazole rings is 1. The fraction of sp³-hybridized carbons (Fsp3) is 0.263. The highest BCUT2D eigenvalue weighted by Gasteiger charge is 2.21. The number of rotatable bonds is 4. The van der Waals surface area contributed by atoms with E-state index in [1.807, 2.05) is 6.07 Å². The van der Waals surface area contributed by atoms with E-state index in [4.69, 9.17) is 11.5 Å². The summed E-state index contributed by atoms with van der Waals surface area (Å²) < 4.78 is 0. The lowest BCUT2D eigenvalue weighted by Crippen LogP contribution is -2.43. The topological polar surface area (TPSA) is 123 Å². The lowest BCUT2D eigenvalue weighted by atomic mass is 10.1. The van der Waals surface area contributed by atoms with Crippen LogP contribution >= 0.6 is 11.3 Å². The zero-order valence-electron chi connectivity index (χ0n) is 15.2. The SMILES string of the molecule is Nc1ccc(-c2cncs2)nc1C(=O)Nc1cnccc1N1CCC[C@H](N)C1. The predicted octanol–water partition coefficient (Wildman–Crippen LogP) is 2.36. The number of piperidine rings is 1. The third-order valence-electron chi connectivity index (χ3n) is 4.67. The summed E-state index contributed by atoms with van der Waals surface area (Å²) >= 11 is 1.45. The number of amides is 1. The van der Waals surface area contributed by atoms with Crippen LogP contribution in [0.2, 0.25) is 0 Å². The number of nitrogens with zero attached hydrogens (tertiary/aromatic N) is 4. The number of carbonyl (C=O) groups excluding carboxylic acids is 1. The van der Waals surface area contributed by atoms with E-state index in [1.165, 1.54) is 11.3 Å². The molecule has 5 N–H and O–H groups in total. The van der Waals surface area contributed by atoms with Gasteiger partial charge in [0, 0.05) is 31.5 Å². The van der Waals surface area contributed by atoms with E-state index in [0.717, 1.165) is 36.5 Å². The average Bonchev–Trinajstić information content (AvgIpc) is 3.23. The van der Waals surface area contributed by atoms with Gasteiger partial charge in [0.05, 0.1) is 39.3 Å². The molecule has 1 atom stereocenters. The Labute approximate surface area is 166 Å². The van der Waals surface area contributed by atoms with Crippen LogP contribution in [-0.4, -0.2) is 40.0 Å². The molecule has 0 bridgehead atoms. The monoisotopic (exact) mass is 395 g/mol. The Kier molecular flexibility index (Phi) is 5.18. The second-order valence-electron chi connectivity index (χ2n) is 6.70. The van der Waals surface area contributed by atoms with Gasteiger partial charge >= 0.3 is 0 Å². The average molecular weight is 395 g/mol. The third kappa shape index (κ3) is 3.80. The molecule has 4 heterocycles. The van der Waals surface area contributed by atoms with Crippen molar-refractivity contribution in [3.8, 4) is 10.6 Å². The highest BCUT2D eigenvalue weighted by Crippen LogP contribution is 2.29.